The van der Waals surface area contributed by atoms with Gasteiger partial charge in [-0.3, -0.25) is 14.6 Å². The molecule has 6 heteroatoms. The van der Waals surface area contributed by atoms with E-state index in [1.165, 1.54) is 12.4 Å². The fourth-order valence-corrected chi connectivity index (χ4v) is 1.66. The lowest BCUT2D eigenvalue weighted by molar-refractivity contribution is -0.142. The third-order valence-electron chi connectivity index (χ3n) is 2.63. The number of carboxylic acids is 1. The van der Waals surface area contributed by atoms with Gasteiger partial charge >= 0.3 is 5.97 Å². The molecule has 104 valence electrons. The van der Waals surface area contributed by atoms with Crippen LogP contribution in [0.2, 0.25) is 0 Å². The second-order valence-electron chi connectivity index (χ2n) is 4.92. The Morgan fingerprint density at radius 2 is 2.00 bits per heavy atom. The molecule has 1 amide bonds. The maximum Gasteiger partial charge on any atom is 0.308 e. The minimum atomic E-state index is -0.899. The summed E-state index contributed by atoms with van der Waals surface area (Å²) in [6, 6.07) is 0. The summed E-state index contributed by atoms with van der Waals surface area (Å²) in [4.78, 5) is 30.7. The number of carbonyl (C=O) groups is 2. The van der Waals surface area contributed by atoms with Crippen molar-refractivity contribution < 1.29 is 14.7 Å². The summed E-state index contributed by atoms with van der Waals surface area (Å²) in [5, 5.41) is 11.6. The molecule has 6 nitrogen and oxygen atoms in total. The van der Waals surface area contributed by atoms with Crippen molar-refractivity contribution in [1.29, 1.82) is 0 Å². The number of nitrogens with zero attached hydrogens (tertiary/aromatic N) is 2. The van der Waals surface area contributed by atoms with E-state index >= 15 is 0 Å². The second kappa shape index (κ2) is 6.82. The zero-order valence-corrected chi connectivity index (χ0v) is 11.4. The molecule has 0 spiro atoms. The number of aryl methyl sites for hydroxylation is 1. The lowest BCUT2D eigenvalue weighted by atomic mass is 9.97. The Kier molecular flexibility index (Phi) is 5.41. The molecule has 1 aromatic heterocycles. The minimum Gasteiger partial charge on any atom is -0.481 e. The van der Waals surface area contributed by atoms with Crippen molar-refractivity contribution in [1.82, 2.24) is 15.3 Å². The maximum atomic E-state index is 11.8. The highest BCUT2D eigenvalue weighted by atomic mass is 16.4. The van der Waals surface area contributed by atoms with Gasteiger partial charge in [-0.1, -0.05) is 13.8 Å². The summed E-state index contributed by atoms with van der Waals surface area (Å²) in [6.45, 7) is 5.77. The molecular formula is C13H19N3O3. The second-order valence-corrected chi connectivity index (χ2v) is 4.92. The number of rotatable bonds is 6. The van der Waals surface area contributed by atoms with Crippen LogP contribution in [0.3, 0.4) is 0 Å². The monoisotopic (exact) mass is 265 g/mol. The molecule has 2 N–H and O–H groups in total. The van der Waals surface area contributed by atoms with Crippen molar-refractivity contribution in [2.75, 3.05) is 6.54 Å². The zero-order chi connectivity index (χ0) is 14.4. The molecule has 19 heavy (non-hydrogen) atoms. The summed E-state index contributed by atoms with van der Waals surface area (Å²) < 4.78 is 0. The maximum absolute atomic E-state index is 11.8. The molecule has 0 aliphatic rings. The number of hydrogen-bond donors (Lipinski definition) is 2. The van der Waals surface area contributed by atoms with Gasteiger partial charge in [0.15, 0.2) is 0 Å². The predicted octanol–water partition coefficient (Wildman–Crippen LogP) is 1.26. The number of nitrogens with one attached hydrogen (secondary N) is 1. The van der Waals surface area contributed by atoms with E-state index in [2.05, 4.69) is 15.3 Å². The Morgan fingerprint density at radius 3 is 2.47 bits per heavy atom. The van der Waals surface area contributed by atoms with Crippen molar-refractivity contribution >= 4 is 11.9 Å². The third-order valence-corrected chi connectivity index (χ3v) is 2.63. The van der Waals surface area contributed by atoms with Gasteiger partial charge in [-0.05, 0) is 19.3 Å². The molecule has 1 unspecified atom stereocenters. The quantitative estimate of drug-likeness (QED) is 0.807. The predicted molar refractivity (Wildman–Crippen MR) is 69.7 cm³/mol. The van der Waals surface area contributed by atoms with Gasteiger partial charge in [0.25, 0.3) is 5.91 Å². The van der Waals surface area contributed by atoms with Gasteiger partial charge in [-0.25, -0.2) is 4.98 Å². The molecule has 0 aliphatic heterocycles. The molecule has 1 heterocycles. The average molecular weight is 265 g/mol. The highest BCUT2D eigenvalue weighted by Crippen LogP contribution is 2.11. The molecule has 0 bridgehead atoms. The van der Waals surface area contributed by atoms with Crippen LogP contribution in [0.4, 0.5) is 0 Å². The molecule has 0 fully saturated rings. The third kappa shape index (κ3) is 5.03. The van der Waals surface area contributed by atoms with Gasteiger partial charge in [0.05, 0.1) is 17.8 Å². The fourth-order valence-electron chi connectivity index (χ4n) is 1.66. The van der Waals surface area contributed by atoms with Crippen molar-refractivity contribution in [3.05, 3.63) is 23.8 Å². The average Bonchev–Trinajstić information content (AvgIpc) is 2.34. The molecule has 0 saturated heterocycles. The Hall–Kier alpha value is -1.98. The van der Waals surface area contributed by atoms with Crippen molar-refractivity contribution in [2.24, 2.45) is 11.8 Å². The normalized spacial score (nSPS) is 12.2. The van der Waals surface area contributed by atoms with E-state index < -0.39 is 17.8 Å². The van der Waals surface area contributed by atoms with E-state index in [0.717, 1.165) is 5.69 Å². The number of aromatic nitrogens is 2. The summed E-state index contributed by atoms with van der Waals surface area (Å²) in [5.74, 6) is -1.62. The lowest BCUT2D eigenvalue weighted by Gasteiger charge is -2.15. The number of amides is 1. The highest BCUT2D eigenvalue weighted by molar-refractivity contribution is 5.92. The van der Waals surface area contributed by atoms with Crippen LogP contribution in [0.5, 0.6) is 0 Å². The van der Waals surface area contributed by atoms with Crippen LogP contribution in [0, 0.1) is 18.8 Å². The lowest BCUT2D eigenvalue weighted by Crippen LogP contribution is -2.34. The summed E-state index contributed by atoms with van der Waals surface area (Å²) >= 11 is 0. The van der Waals surface area contributed by atoms with Gasteiger partial charge in [-0.2, -0.15) is 0 Å². The standard InChI is InChI=1S/C13H19N3O3/c1-8(2)4-10(13(18)19)6-16-12(17)11-7-14-9(3)5-15-11/h5,7-8,10H,4,6H2,1-3H3,(H,16,17)(H,18,19). The van der Waals surface area contributed by atoms with Crippen molar-refractivity contribution in [2.45, 2.75) is 27.2 Å². The minimum absolute atomic E-state index is 0.0991. The van der Waals surface area contributed by atoms with E-state index in [0.29, 0.717) is 6.42 Å². The first-order chi connectivity index (χ1) is 8.90. The van der Waals surface area contributed by atoms with Crippen LogP contribution in [0.1, 0.15) is 36.5 Å². The van der Waals surface area contributed by atoms with Crippen LogP contribution in [0.25, 0.3) is 0 Å². The molecular weight excluding hydrogens is 246 g/mol. The highest BCUT2D eigenvalue weighted by Gasteiger charge is 2.20. The van der Waals surface area contributed by atoms with Crippen LogP contribution in [0.15, 0.2) is 12.4 Å². The topological polar surface area (TPSA) is 92.2 Å². The fraction of sp³-hybridized carbons (Fsp3) is 0.538. The van der Waals surface area contributed by atoms with E-state index in [1.54, 1.807) is 6.92 Å². The van der Waals surface area contributed by atoms with Crippen molar-refractivity contribution in [3.63, 3.8) is 0 Å². The van der Waals surface area contributed by atoms with E-state index in [4.69, 9.17) is 5.11 Å². The Bertz CT molecular complexity index is 443. The van der Waals surface area contributed by atoms with E-state index in [-0.39, 0.29) is 18.2 Å². The van der Waals surface area contributed by atoms with Crippen LogP contribution in [-0.2, 0) is 4.79 Å². The largest absolute Gasteiger partial charge is 0.481 e. The number of carbonyl (C=O) groups excluding carboxylic acids is 1. The Morgan fingerprint density at radius 1 is 1.32 bits per heavy atom. The van der Waals surface area contributed by atoms with Gasteiger partial charge in [0.1, 0.15) is 5.69 Å². The van der Waals surface area contributed by atoms with Gasteiger partial charge in [0.2, 0.25) is 0 Å². The van der Waals surface area contributed by atoms with Crippen molar-refractivity contribution in [3.8, 4) is 0 Å². The summed E-state index contributed by atoms with van der Waals surface area (Å²) in [5.41, 5.74) is 0.916. The van der Waals surface area contributed by atoms with E-state index in [9.17, 15) is 9.59 Å². The smallest absolute Gasteiger partial charge is 0.308 e. The summed E-state index contributed by atoms with van der Waals surface area (Å²) in [7, 11) is 0. The van der Waals surface area contributed by atoms with Gasteiger partial charge in [0, 0.05) is 12.7 Å². The van der Waals surface area contributed by atoms with Crippen LogP contribution >= 0.6 is 0 Å². The van der Waals surface area contributed by atoms with Crippen LogP contribution < -0.4 is 5.32 Å². The molecule has 0 aromatic carbocycles. The van der Waals surface area contributed by atoms with Gasteiger partial charge in [-0.15, -0.1) is 0 Å². The van der Waals surface area contributed by atoms with Gasteiger partial charge < -0.3 is 10.4 Å². The zero-order valence-electron chi connectivity index (χ0n) is 11.4. The number of hydrogen-bond acceptors (Lipinski definition) is 4. The Balaban J connectivity index is 2.56. The molecule has 1 rings (SSSR count). The Labute approximate surface area is 112 Å². The summed E-state index contributed by atoms with van der Waals surface area (Å²) in [6.07, 6.45) is 3.40. The first-order valence-corrected chi connectivity index (χ1v) is 6.19. The first-order valence-electron chi connectivity index (χ1n) is 6.19. The molecule has 0 radical (unpaired) electrons. The number of aliphatic carboxylic acids is 1. The molecule has 0 saturated carbocycles. The molecule has 1 atom stereocenters. The number of carboxylic acid groups (broad SMARTS) is 1. The van der Waals surface area contributed by atoms with Crippen LogP contribution in [-0.4, -0.2) is 33.5 Å². The SMILES string of the molecule is Cc1cnc(C(=O)NCC(CC(C)C)C(=O)O)cn1. The molecule has 1 aromatic rings. The molecule has 0 aliphatic carbocycles. The first kappa shape index (κ1) is 15.1. The van der Waals surface area contributed by atoms with E-state index in [1.807, 2.05) is 13.8 Å².